The van der Waals surface area contributed by atoms with Crippen molar-refractivity contribution in [3.63, 3.8) is 0 Å². The molecular weight excluding hydrogens is 368 g/mol. The maximum atomic E-state index is 14.4. The van der Waals surface area contributed by atoms with Gasteiger partial charge in [-0.05, 0) is 37.5 Å². The van der Waals surface area contributed by atoms with Gasteiger partial charge in [0.15, 0.2) is 0 Å². The Morgan fingerprint density at radius 1 is 1.19 bits per heavy atom. The van der Waals surface area contributed by atoms with E-state index in [-0.39, 0.29) is 24.1 Å². The summed E-state index contributed by atoms with van der Waals surface area (Å²) in [6, 6.07) is 2.61. The molecule has 0 saturated heterocycles. The molecule has 0 radical (unpaired) electrons. The lowest BCUT2D eigenvalue weighted by Gasteiger charge is -2.12. The number of hydrogen-bond acceptors (Lipinski definition) is 3. The van der Waals surface area contributed by atoms with Gasteiger partial charge < -0.3 is 5.32 Å². The highest BCUT2D eigenvalue weighted by Crippen LogP contribution is 2.45. The number of rotatable bonds is 2. The Morgan fingerprint density at radius 2 is 1.88 bits per heavy atom. The zero-order valence-electron chi connectivity index (χ0n) is 13.7. The fourth-order valence-electron chi connectivity index (χ4n) is 3.43. The SMILES string of the molecule is C[C@@H]1N=C(c2c(F)cccc2F)c2c(sc3c2CC(C(F)F)C3)NC1=O. The number of thiophene rings is 1. The van der Waals surface area contributed by atoms with Gasteiger partial charge in [-0.1, -0.05) is 6.07 Å². The summed E-state index contributed by atoms with van der Waals surface area (Å²) >= 11 is 1.18. The highest BCUT2D eigenvalue weighted by molar-refractivity contribution is 7.17. The fraction of sp³-hybridized carbons (Fsp3) is 0.333. The number of fused-ring (bicyclic) bond motifs is 3. The number of benzene rings is 1. The van der Waals surface area contributed by atoms with Crippen LogP contribution in [0, 0.1) is 17.6 Å². The molecule has 8 heteroatoms. The molecule has 1 N–H and O–H groups in total. The summed E-state index contributed by atoms with van der Waals surface area (Å²) in [5, 5.41) is 3.13. The number of carbonyl (C=O) groups is 1. The van der Waals surface area contributed by atoms with E-state index >= 15 is 0 Å². The second kappa shape index (κ2) is 6.19. The summed E-state index contributed by atoms with van der Waals surface area (Å²) in [5.74, 6) is -2.84. The summed E-state index contributed by atoms with van der Waals surface area (Å²) in [4.78, 5) is 17.2. The molecule has 0 saturated carbocycles. The standard InChI is InChI=1S/C18H14F4N2OS/c1-7-17(25)24-18-13(9-5-8(16(21)22)6-12(9)26-18)15(23-7)14-10(19)3-2-4-11(14)20/h2-4,7-8,16H,5-6H2,1H3,(H,24,25)/t7-,8?/m0/s1. The molecule has 1 aliphatic carbocycles. The molecule has 26 heavy (non-hydrogen) atoms. The Morgan fingerprint density at radius 3 is 2.54 bits per heavy atom. The molecule has 2 heterocycles. The first-order chi connectivity index (χ1) is 12.4. The summed E-state index contributed by atoms with van der Waals surface area (Å²) in [7, 11) is 0. The topological polar surface area (TPSA) is 41.5 Å². The van der Waals surface area contributed by atoms with E-state index in [1.165, 1.54) is 24.3 Å². The lowest BCUT2D eigenvalue weighted by Crippen LogP contribution is -2.22. The molecule has 1 aliphatic heterocycles. The average Bonchev–Trinajstić information content (AvgIpc) is 3.07. The van der Waals surface area contributed by atoms with Crippen molar-refractivity contribution in [2.45, 2.75) is 32.2 Å². The number of amides is 1. The quantitative estimate of drug-likeness (QED) is 0.778. The van der Waals surface area contributed by atoms with Crippen molar-refractivity contribution in [2.24, 2.45) is 10.9 Å². The zero-order valence-corrected chi connectivity index (χ0v) is 14.5. The van der Waals surface area contributed by atoms with E-state index in [9.17, 15) is 22.4 Å². The van der Waals surface area contributed by atoms with Crippen LogP contribution in [0.4, 0.5) is 22.6 Å². The second-order valence-electron chi connectivity index (χ2n) is 6.45. The van der Waals surface area contributed by atoms with Crippen LogP contribution < -0.4 is 5.32 Å². The van der Waals surface area contributed by atoms with Gasteiger partial charge in [0.2, 0.25) is 12.3 Å². The minimum Gasteiger partial charge on any atom is -0.315 e. The molecule has 4 rings (SSSR count). The number of carbonyl (C=O) groups excluding carboxylic acids is 1. The van der Waals surface area contributed by atoms with Crippen molar-refractivity contribution in [2.75, 3.05) is 5.32 Å². The van der Waals surface area contributed by atoms with E-state index in [4.69, 9.17) is 0 Å². The monoisotopic (exact) mass is 382 g/mol. The first-order valence-electron chi connectivity index (χ1n) is 8.13. The van der Waals surface area contributed by atoms with Gasteiger partial charge in [0, 0.05) is 16.4 Å². The molecular formula is C18H14F4N2OS. The van der Waals surface area contributed by atoms with Crippen LogP contribution >= 0.6 is 11.3 Å². The summed E-state index contributed by atoms with van der Waals surface area (Å²) in [6.45, 7) is 1.52. The van der Waals surface area contributed by atoms with E-state index in [0.29, 0.717) is 21.0 Å². The van der Waals surface area contributed by atoms with Gasteiger partial charge in [-0.3, -0.25) is 9.79 Å². The highest BCUT2D eigenvalue weighted by atomic mass is 32.1. The van der Waals surface area contributed by atoms with Gasteiger partial charge in [0.1, 0.15) is 22.7 Å². The molecule has 0 bridgehead atoms. The van der Waals surface area contributed by atoms with Gasteiger partial charge in [-0.15, -0.1) is 11.3 Å². The van der Waals surface area contributed by atoms with Crippen molar-refractivity contribution < 1.29 is 22.4 Å². The van der Waals surface area contributed by atoms with Crippen LogP contribution in [0.25, 0.3) is 0 Å². The molecule has 2 aliphatic rings. The minimum absolute atomic E-state index is 0.00821. The maximum Gasteiger partial charge on any atom is 0.249 e. The second-order valence-corrected chi connectivity index (χ2v) is 7.56. The number of hydrogen-bond donors (Lipinski definition) is 1. The summed E-state index contributed by atoms with van der Waals surface area (Å²) in [5.41, 5.74) is 0.646. The minimum atomic E-state index is -2.48. The Kier molecular flexibility index (Phi) is 4.10. The van der Waals surface area contributed by atoms with Gasteiger partial charge in [-0.2, -0.15) is 0 Å². The van der Waals surface area contributed by atoms with Gasteiger partial charge in [-0.25, -0.2) is 17.6 Å². The summed E-state index contributed by atoms with van der Waals surface area (Å²) < 4.78 is 55.1. The number of halogens is 4. The molecule has 0 fully saturated rings. The smallest absolute Gasteiger partial charge is 0.249 e. The zero-order chi connectivity index (χ0) is 18.6. The summed E-state index contributed by atoms with van der Waals surface area (Å²) in [6.07, 6.45) is -2.20. The predicted molar refractivity (Wildman–Crippen MR) is 91.3 cm³/mol. The van der Waals surface area contributed by atoms with E-state index < -0.39 is 35.9 Å². The van der Waals surface area contributed by atoms with Crippen molar-refractivity contribution in [1.29, 1.82) is 0 Å². The van der Waals surface area contributed by atoms with E-state index in [1.54, 1.807) is 0 Å². The molecule has 0 spiro atoms. The maximum absolute atomic E-state index is 14.4. The predicted octanol–water partition coefficient (Wildman–Crippen LogP) is 4.18. The van der Waals surface area contributed by atoms with Crippen LogP contribution in [0.1, 0.15) is 28.5 Å². The van der Waals surface area contributed by atoms with Gasteiger partial charge >= 0.3 is 0 Å². The normalized spacial score (nSPS) is 21.9. The molecule has 136 valence electrons. The van der Waals surface area contributed by atoms with Crippen LogP contribution in [0.5, 0.6) is 0 Å². The lowest BCUT2D eigenvalue weighted by molar-refractivity contribution is -0.116. The third-order valence-electron chi connectivity index (χ3n) is 4.74. The first kappa shape index (κ1) is 17.2. The molecule has 1 aromatic heterocycles. The van der Waals surface area contributed by atoms with Crippen LogP contribution in [0.2, 0.25) is 0 Å². The molecule has 2 atom stereocenters. The van der Waals surface area contributed by atoms with Crippen molar-refractivity contribution >= 4 is 28.0 Å². The van der Waals surface area contributed by atoms with E-state index in [0.717, 1.165) is 12.1 Å². The van der Waals surface area contributed by atoms with Gasteiger partial charge in [0.25, 0.3) is 0 Å². The third kappa shape index (κ3) is 2.63. The molecule has 3 nitrogen and oxygen atoms in total. The number of nitrogens with zero attached hydrogens (tertiary/aromatic N) is 1. The van der Waals surface area contributed by atoms with Crippen LogP contribution in [0.15, 0.2) is 23.2 Å². The fourth-order valence-corrected chi connectivity index (χ4v) is 4.75. The molecule has 1 amide bonds. The molecule has 2 aromatic rings. The van der Waals surface area contributed by atoms with Crippen molar-refractivity contribution in [3.05, 3.63) is 51.4 Å². The van der Waals surface area contributed by atoms with Crippen LogP contribution in [-0.2, 0) is 17.6 Å². The Bertz CT molecular complexity index is 917. The van der Waals surface area contributed by atoms with Crippen LogP contribution in [-0.4, -0.2) is 24.1 Å². The number of aliphatic imine (C=N–C) groups is 1. The molecule has 1 unspecified atom stereocenters. The average molecular weight is 382 g/mol. The van der Waals surface area contributed by atoms with E-state index in [2.05, 4.69) is 10.3 Å². The van der Waals surface area contributed by atoms with Crippen LogP contribution in [0.3, 0.4) is 0 Å². The number of alkyl halides is 2. The number of anilines is 1. The van der Waals surface area contributed by atoms with Gasteiger partial charge in [0.05, 0.1) is 11.3 Å². The van der Waals surface area contributed by atoms with Crippen molar-refractivity contribution in [1.82, 2.24) is 0 Å². The largest absolute Gasteiger partial charge is 0.315 e. The Balaban J connectivity index is 1.94. The Hall–Kier alpha value is -2.22. The first-order valence-corrected chi connectivity index (χ1v) is 8.94. The third-order valence-corrected chi connectivity index (χ3v) is 5.91. The lowest BCUT2D eigenvalue weighted by atomic mass is 9.97. The number of nitrogens with one attached hydrogen (secondary N) is 1. The molecule has 1 aromatic carbocycles. The Labute approximate surface area is 150 Å². The van der Waals surface area contributed by atoms with E-state index in [1.807, 2.05) is 0 Å². The highest BCUT2D eigenvalue weighted by Gasteiger charge is 2.38. The van der Waals surface area contributed by atoms with Crippen molar-refractivity contribution in [3.8, 4) is 0 Å².